The number of carbonyl (C=O) groups is 2. The van der Waals surface area contributed by atoms with Crippen LogP contribution in [-0.4, -0.2) is 28.0 Å². The van der Waals surface area contributed by atoms with Gasteiger partial charge in [-0.3, -0.25) is 4.79 Å². The Hall–Kier alpha value is -2.30. The second-order valence-electron chi connectivity index (χ2n) is 3.85. The zero-order chi connectivity index (χ0) is 13.3. The number of benzene rings is 1. The Morgan fingerprint density at radius 3 is 2.72 bits per heavy atom. The van der Waals surface area contributed by atoms with E-state index in [2.05, 4.69) is 4.74 Å². The summed E-state index contributed by atoms with van der Waals surface area (Å²) in [5.41, 5.74) is 0.718. The molecule has 0 amide bonds. The largest absolute Gasteiger partial charge is 0.506 e. The lowest BCUT2D eigenvalue weighted by Crippen LogP contribution is -2.19. The van der Waals surface area contributed by atoms with Crippen molar-refractivity contribution in [2.24, 2.45) is 7.05 Å². The summed E-state index contributed by atoms with van der Waals surface area (Å²) in [5, 5.41) is 10.4. The van der Waals surface area contributed by atoms with Crippen LogP contribution in [0.4, 0.5) is 0 Å². The van der Waals surface area contributed by atoms with Gasteiger partial charge in [0.15, 0.2) is 0 Å². The van der Waals surface area contributed by atoms with Crippen LogP contribution in [0.2, 0.25) is 0 Å². The van der Waals surface area contributed by atoms with Crippen molar-refractivity contribution < 1.29 is 19.4 Å². The second-order valence-corrected chi connectivity index (χ2v) is 3.85. The number of aryl methyl sites for hydroxylation is 1. The van der Waals surface area contributed by atoms with Crippen molar-refractivity contribution >= 4 is 22.7 Å². The molecule has 0 unspecified atom stereocenters. The molecule has 2 aromatic rings. The lowest BCUT2D eigenvalue weighted by atomic mass is 10.2. The van der Waals surface area contributed by atoms with Gasteiger partial charge in [-0.2, -0.15) is 0 Å². The van der Waals surface area contributed by atoms with E-state index in [0.29, 0.717) is 10.9 Å². The number of nitrogens with zero attached hydrogens (tertiary/aromatic N) is 1. The van der Waals surface area contributed by atoms with Gasteiger partial charge in [0, 0.05) is 12.4 Å². The van der Waals surface area contributed by atoms with E-state index in [1.165, 1.54) is 10.6 Å². The molecule has 1 heterocycles. The minimum Gasteiger partial charge on any atom is -0.506 e. The van der Waals surface area contributed by atoms with Crippen LogP contribution in [0.5, 0.6) is 5.75 Å². The Bertz CT molecular complexity index is 627. The molecule has 1 N–H and O–H groups in total. The first kappa shape index (κ1) is 12.2. The maximum atomic E-state index is 11.9. The molecule has 0 atom stereocenters. The van der Waals surface area contributed by atoms with E-state index in [9.17, 15) is 14.7 Å². The zero-order valence-corrected chi connectivity index (χ0v) is 10.1. The Balaban J connectivity index is 2.53. The fraction of sp³-hybridized carbons (Fsp3) is 0.231. The molecule has 5 heteroatoms. The SMILES string of the molecule is CCOC(=O)C(=O)c1cc2cccc(O)c2n1C. The third-order valence-electron chi connectivity index (χ3n) is 2.73. The fourth-order valence-corrected chi connectivity index (χ4v) is 1.91. The number of carbonyl (C=O) groups excluding carboxylic acids is 2. The number of ether oxygens (including phenoxy) is 1. The topological polar surface area (TPSA) is 68.5 Å². The summed E-state index contributed by atoms with van der Waals surface area (Å²) in [6, 6.07) is 6.53. The van der Waals surface area contributed by atoms with Crippen molar-refractivity contribution in [1.29, 1.82) is 0 Å². The third kappa shape index (κ3) is 1.84. The molecule has 0 fully saturated rings. The molecule has 0 radical (unpaired) electrons. The molecule has 1 aromatic heterocycles. The van der Waals surface area contributed by atoms with Crippen molar-refractivity contribution in [2.45, 2.75) is 6.92 Å². The van der Waals surface area contributed by atoms with Crippen LogP contribution in [0.1, 0.15) is 17.4 Å². The van der Waals surface area contributed by atoms with Gasteiger partial charge in [0.1, 0.15) is 5.75 Å². The van der Waals surface area contributed by atoms with E-state index in [-0.39, 0.29) is 18.1 Å². The molecule has 0 saturated heterocycles. The lowest BCUT2D eigenvalue weighted by Gasteiger charge is -2.04. The maximum absolute atomic E-state index is 11.9. The van der Waals surface area contributed by atoms with Crippen molar-refractivity contribution in [1.82, 2.24) is 4.57 Å². The number of Topliss-reactive ketones (excluding diaryl/α,β-unsaturated/α-hetero) is 1. The van der Waals surface area contributed by atoms with E-state index in [1.54, 1.807) is 32.2 Å². The minimum absolute atomic E-state index is 0.0675. The first-order chi connectivity index (χ1) is 8.56. The van der Waals surface area contributed by atoms with Gasteiger partial charge >= 0.3 is 5.97 Å². The van der Waals surface area contributed by atoms with Crippen molar-refractivity contribution in [3.8, 4) is 5.75 Å². The zero-order valence-electron chi connectivity index (χ0n) is 10.1. The van der Waals surface area contributed by atoms with Crippen LogP contribution in [0.3, 0.4) is 0 Å². The van der Waals surface area contributed by atoms with E-state index in [0.717, 1.165) is 0 Å². The highest BCUT2D eigenvalue weighted by Gasteiger charge is 2.22. The van der Waals surface area contributed by atoms with Crippen LogP contribution in [0.15, 0.2) is 24.3 Å². The van der Waals surface area contributed by atoms with E-state index in [4.69, 9.17) is 0 Å². The van der Waals surface area contributed by atoms with Gasteiger partial charge < -0.3 is 14.4 Å². The summed E-state index contributed by atoms with van der Waals surface area (Å²) in [6.07, 6.45) is 0. The number of hydrogen-bond donors (Lipinski definition) is 1. The molecule has 5 nitrogen and oxygen atoms in total. The van der Waals surface area contributed by atoms with Gasteiger partial charge in [0.05, 0.1) is 17.8 Å². The number of phenolic OH excluding ortho intramolecular Hbond substituents is 1. The van der Waals surface area contributed by atoms with Crippen molar-refractivity contribution in [3.63, 3.8) is 0 Å². The number of fused-ring (bicyclic) bond motifs is 1. The van der Waals surface area contributed by atoms with Crippen LogP contribution < -0.4 is 0 Å². The molecular weight excluding hydrogens is 234 g/mol. The highest BCUT2D eigenvalue weighted by Crippen LogP contribution is 2.27. The van der Waals surface area contributed by atoms with Crippen molar-refractivity contribution in [3.05, 3.63) is 30.0 Å². The number of aromatic hydroxyl groups is 1. The smallest absolute Gasteiger partial charge is 0.381 e. The van der Waals surface area contributed by atoms with Gasteiger partial charge in [0.25, 0.3) is 5.78 Å². The predicted molar refractivity (Wildman–Crippen MR) is 65.5 cm³/mol. The standard InChI is InChI=1S/C13H13NO4/c1-3-18-13(17)12(16)9-7-8-5-4-6-10(15)11(8)14(9)2/h4-7,15H,3H2,1-2H3. The summed E-state index contributed by atoms with van der Waals surface area (Å²) in [4.78, 5) is 23.3. The first-order valence-corrected chi connectivity index (χ1v) is 5.55. The minimum atomic E-state index is -0.886. The molecule has 0 aliphatic rings. The molecule has 18 heavy (non-hydrogen) atoms. The van der Waals surface area contributed by atoms with Gasteiger partial charge in [-0.25, -0.2) is 4.79 Å². The summed E-state index contributed by atoms with van der Waals surface area (Å²) >= 11 is 0. The summed E-state index contributed by atoms with van der Waals surface area (Å²) in [6.45, 7) is 1.79. The molecule has 0 bridgehead atoms. The van der Waals surface area contributed by atoms with Crippen LogP contribution in [0.25, 0.3) is 10.9 Å². The quantitative estimate of drug-likeness (QED) is 0.508. The third-order valence-corrected chi connectivity index (χ3v) is 2.73. The molecule has 1 aromatic carbocycles. The number of phenols is 1. The molecule has 2 rings (SSSR count). The molecule has 94 valence electrons. The van der Waals surface area contributed by atoms with E-state index < -0.39 is 11.8 Å². The number of aromatic nitrogens is 1. The second kappa shape index (κ2) is 4.52. The fourth-order valence-electron chi connectivity index (χ4n) is 1.91. The first-order valence-electron chi connectivity index (χ1n) is 5.55. The summed E-state index contributed by atoms with van der Waals surface area (Å²) < 4.78 is 6.17. The monoisotopic (exact) mass is 247 g/mol. The Morgan fingerprint density at radius 2 is 2.11 bits per heavy atom. The number of esters is 1. The number of rotatable bonds is 3. The average molecular weight is 247 g/mol. The van der Waals surface area contributed by atoms with E-state index >= 15 is 0 Å². The Morgan fingerprint density at radius 1 is 1.39 bits per heavy atom. The summed E-state index contributed by atoms with van der Waals surface area (Å²) in [5.74, 6) is -1.53. The normalized spacial score (nSPS) is 10.6. The van der Waals surface area contributed by atoms with Gasteiger partial charge in [-0.15, -0.1) is 0 Å². The van der Waals surface area contributed by atoms with Crippen LogP contribution in [-0.2, 0) is 16.6 Å². The molecular formula is C13H13NO4. The van der Waals surface area contributed by atoms with Gasteiger partial charge in [0.2, 0.25) is 0 Å². The van der Waals surface area contributed by atoms with Crippen LogP contribution in [0, 0.1) is 0 Å². The molecule has 0 aliphatic carbocycles. The predicted octanol–water partition coefficient (Wildman–Crippen LogP) is 1.63. The van der Waals surface area contributed by atoms with Gasteiger partial charge in [-0.1, -0.05) is 12.1 Å². The summed E-state index contributed by atoms with van der Waals surface area (Å²) in [7, 11) is 1.62. The maximum Gasteiger partial charge on any atom is 0.381 e. The molecule has 0 spiro atoms. The Labute approximate surface area is 104 Å². The van der Waals surface area contributed by atoms with Crippen molar-refractivity contribution in [2.75, 3.05) is 6.61 Å². The lowest BCUT2D eigenvalue weighted by molar-refractivity contribution is -0.137. The van der Waals surface area contributed by atoms with Crippen LogP contribution >= 0.6 is 0 Å². The number of ketones is 1. The Kier molecular flexibility index (Phi) is 3.06. The number of hydrogen-bond acceptors (Lipinski definition) is 4. The molecule has 0 saturated carbocycles. The average Bonchev–Trinajstić information content (AvgIpc) is 2.67. The highest BCUT2D eigenvalue weighted by molar-refractivity contribution is 6.40. The van der Waals surface area contributed by atoms with Gasteiger partial charge in [-0.05, 0) is 19.1 Å². The van der Waals surface area contributed by atoms with E-state index in [1.807, 2.05) is 0 Å². The molecule has 0 aliphatic heterocycles. The number of para-hydroxylation sites is 1. The highest BCUT2D eigenvalue weighted by atomic mass is 16.5.